The van der Waals surface area contributed by atoms with E-state index < -0.39 is 11.9 Å². The van der Waals surface area contributed by atoms with E-state index in [1.807, 2.05) is 0 Å². The average molecular weight is 304 g/mol. The summed E-state index contributed by atoms with van der Waals surface area (Å²) in [5.41, 5.74) is 0.625. The standard InChI is InChI=1S/2C8H8O3/c1-11-8(10)6-2-4-7(9)5-3-6;1-11-8(10)6-4-2-3-5-7(6)9/h2*2-5,9H,1H3. The van der Waals surface area contributed by atoms with Gasteiger partial charge in [0.1, 0.15) is 17.1 Å². The Hall–Kier alpha value is -3.02. The lowest BCUT2D eigenvalue weighted by molar-refractivity contribution is 0.0590. The Morgan fingerprint density at radius 2 is 1.36 bits per heavy atom. The third kappa shape index (κ3) is 4.82. The molecule has 0 aromatic heterocycles. The fraction of sp³-hybridized carbons (Fsp3) is 0.125. The minimum atomic E-state index is -0.525. The molecule has 0 heterocycles. The van der Waals surface area contributed by atoms with Crippen LogP contribution in [0.25, 0.3) is 0 Å². The highest BCUT2D eigenvalue weighted by Crippen LogP contribution is 2.15. The van der Waals surface area contributed by atoms with Gasteiger partial charge in [-0.2, -0.15) is 0 Å². The highest BCUT2D eigenvalue weighted by atomic mass is 16.5. The van der Waals surface area contributed by atoms with Crippen molar-refractivity contribution in [1.82, 2.24) is 0 Å². The van der Waals surface area contributed by atoms with E-state index in [2.05, 4.69) is 9.47 Å². The van der Waals surface area contributed by atoms with Crippen LogP contribution < -0.4 is 0 Å². The van der Waals surface area contributed by atoms with Gasteiger partial charge in [0.15, 0.2) is 0 Å². The lowest BCUT2D eigenvalue weighted by Gasteiger charge is -1.99. The zero-order valence-electron chi connectivity index (χ0n) is 12.1. The average Bonchev–Trinajstić information content (AvgIpc) is 2.55. The van der Waals surface area contributed by atoms with Gasteiger partial charge in [0, 0.05) is 0 Å². The highest BCUT2D eigenvalue weighted by Gasteiger charge is 2.08. The molecule has 2 aromatic carbocycles. The van der Waals surface area contributed by atoms with Crippen molar-refractivity contribution in [3.05, 3.63) is 59.7 Å². The summed E-state index contributed by atoms with van der Waals surface area (Å²) in [7, 11) is 2.59. The van der Waals surface area contributed by atoms with Crippen molar-refractivity contribution in [1.29, 1.82) is 0 Å². The molecule has 6 heteroatoms. The molecule has 0 atom stereocenters. The summed E-state index contributed by atoms with van der Waals surface area (Å²) in [6.07, 6.45) is 0. The Morgan fingerprint density at radius 3 is 1.86 bits per heavy atom. The van der Waals surface area contributed by atoms with Gasteiger partial charge in [-0.1, -0.05) is 12.1 Å². The molecule has 0 bridgehead atoms. The van der Waals surface area contributed by atoms with Crippen LogP contribution in [0, 0.1) is 0 Å². The highest BCUT2D eigenvalue weighted by molar-refractivity contribution is 5.92. The van der Waals surface area contributed by atoms with Crippen molar-refractivity contribution >= 4 is 11.9 Å². The fourth-order valence-electron chi connectivity index (χ4n) is 1.47. The number of phenols is 2. The van der Waals surface area contributed by atoms with E-state index in [1.165, 1.54) is 50.6 Å². The van der Waals surface area contributed by atoms with Gasteiger partial charge in [-0.3, -0.25) is 0 Å². The van der Waals surface area contributed by atoms with E-state index in [-0.39, 0.29) is 17.1 Å². The zero-order chi connectivity index (χ0) is 16.5. The largest absolute Gasteiger partial charge is 0.508 e. The number of methoxy groups -OCH3 is 2. The number of phenolic OH excluding ortho intramolecular Hbond substituents is 2. The molecule has 0 radical (unpaired) electrons. The van der Waals surface area contributed by atoms with Crippen LogP contribution in [0.2, 0.25) is 0 Å². The van der Waals surface area contributed by atoms with Crippen LogP contribution in [0.5, 0.6) is 11.5 Å². The molecule has 2 N–H and O–H groups in total. The number of hydrogen-bond acceptors (Lipinski definition) is 6. The maximum absolute atomic E-state index is 10.9. The van der Waals surface area contributed by atoms with Crippen LogP contribution in [0.15, 0.2) is 48.5 Å². The van der Waals surface area contributed by atoms with Gasteiger partial charge in [-0.05, 0) is 36.4 Å². The summed E-state index contributed by atoms with van der Waals surface area (Å²) >= 11 is 0. The molecule has 0 aliphatic heterocycles. The zero-order valence-corrected chi connectivity index (χ0v) is 12.1. The number of esters is 2. The van der Waals surface area contributed by atoms with Crippen molar-refractivity contribution in [3.63, 3.8) is 0 Å². The second-order valence-electron chi connectivity index (χ2n) is 4.05. The molecule has 0 fully saturated rings. The van der Waals surface area contributed by atoms with Crippen molar-refractivity contribution in [2.24, 2.45) is 0 Å². The summed E-state index contributed by atoms with van der Waals surface area (Å²) in [6, 6.07) is 12.1. The normalized spacial score (nSPS) is 9.18. The van der Waals surface area contributed by atoms with E-state index >= 15 is 0 Å². The molecule has 0 unspecified atom stereocenters. The number of hydrogen-bond donors (Lipinski definition) is 2. The summed E-state index contributed by atoms with van der Waals surface area (Å²) in [6.45, 7) is 0. The summed E-state index contributed by atoms with van der Waals surface area (Å²) in [5, 5.41) is 18.0. The van der Waals surface area contributed by atoms with E-state index in [9.17, 15) is 9.59 Å². The van der Waals surface area contributed by atoms with E-state index in [0.717, 1.165) is 0 Å². The summed E-state index contributed by atoms with van der Waals surface area (Å²) < 4.78 is 8.87. The third-order valence-electron chi connectivity index (χ3n) is 2.60. The summed E-state index contributed by atoms with van der Waals surface area (Å²) in [5.74, 6) is -0.842. The van der Waals surface area contributed by atoms with Gasteiger partial charge in [0.05, 0.1) is 19.8 Å². The minimum absolute atomic E-state index is 0.0562. The van der Waals surface area contributed by atoms with Crippen LogP contribution in [0.1, 0.15) is 20.7 Å². The fourth-order valence-corrected chi connectivity index (χ4v) is 1.47. The first kappa shape index (κ1) is 17.0. The molecule has 0 aliphatic rings. The Kier molecular flexibility index (Phi) is 6.43. The van der Waals surface area contributed by atoms with Crippen molar-refractivity contribution in [3.8, 4) is 11.5 Å². The topological polar surface area (TPSA) is 93.1 Å². The molecular formula is C16H16O6. The van der Waals surface area contributed by atoms with Gasteiger partial charge in [-0.15, -0.1) is 0 Å². The number of rotatable bonds is 2. The molecule has 0 spiro atoms. The Balaban J connectivity index is 0.000000220. The van der Waals surface area contributed by atoms with Crippen LogP contribution >= 0.6 is 0 Å². The van der Waals surface area contributed by atoms with E-state index in [4.69, 9.17) is 10.2 Å². The monoisotopic (exact) mass is 304 g/mol. The van der Waals surface area contributed by atoms with E-state index in [1.54, 1.807) is 12.1 Å². The van der Waals surface area contributed by atoms with Gasteiger partial charge in [0.2, 0.25) is 0 Å². The molecule has 116 valence electrons. The van der Waals surface area contributed by atoms with Crippen molar-refractivity contribution < 1.29 is 29.3 Å². The molecule has 6 nitrogen and oxygen atoms in total. The second-order valence-corrected chi connectivity index (χ2v) is 4.05. The second kappa shape index (κ2) is 8.31. The van der Waals surface area contributed by atoms with Gasteiger partial charge >= 0.3 is 11.9 Å². The number of carbonyl (C=O) groups is 2. The maximum Gasteiger partial charge on any atom is 0.341 e. The van der Waals surface area contributed by atoms with Gasteiger partial charge in [-0.25, -0.2) is 9.59 Å². The Morgan fingerprint density at radius 1 is 0.818 bits per heavy atom. The van der Waals surface area contributed by atoms with Gasteiger partial charge in [0.25, 0.3) is 0 Å². The Labute approximate surface area is 127 Å². The first-order valence-electron chi connectivity index (χ1n) is 6.23. The number of carbonyl (C=O) groups excluding carboxylic acids is 2. The lowest BCUT2D eigenvalue weighted by atomic mass is 10.2. The number of ether oxygens (including phenoxy) is 2. The van der Waals surface area contributed by atoms with Crippen LogP contribution in [-0.2, 0) is 9.47 Å². The number of benzene rings is 2. The van der Waals surface area contributed by atoms with E-state index in [0.29, 0.717) is 5.56 Å². The van der Waals surface area contributed by atoms with Gasteiger partial charge < -0.3 is 19.7 Å². The quantitative estimate of drug-likeness (QED) is 0.827. The summed E-state index contributed by atoms with van der Waals surface area (Å²) in [4.78, 5) is 21.7. The molecule has 0 saturated heterocycles. The predicted molar refractivity (Wildman–Crippen MR) is 78.9 cm³/mol. The maximum atomic E-state index is 10.9. The van der Waals surface area contributed by atoms with Crippen molar-refractivity contribution in [2.75, 3.05) is 14.2 Å². The molecule has 2 aromatic rings. The molecule has 22 heavy (non-hydrogen) atoms. The Bertz CT molecular complexity index is 633. The van der Waals surface area contributed by atoms with Crippen molar-refractivity contribution in [2.45, 2.75) is 0 Å². The first-order chi connectivity index (χ1) is 10.5. The molecule has 2 rings (SSSR count). The third-order valence-corrected chi connectivity index (χ3v) is 2.60. The molecule has 0 aliphatic carbocycles. The number of aromatic hydroxyl groups is 2. The predicted octanol–water partition coefficient (Wildman–Crippen LogP) is 2.36. The van der Waals surface area contributed by atoms with Crippen LogP contribution in [0.3, 0.4) is 0 Å². The van der Waals surface area contributed by atoms with Crippen LogP contribution in [0.4, 0.5) is 0 Å². The lowest BCUT2D eigenvalue weighted by Crippen LogP contribution is -2.00. The molecule has 0 saturated carbocycles. The smallest absolute Gasteiger partial charge is 0.341 e. The van der Waals surface area contributed by atoms with Crippen LogP contribution in [-0.4, -0.2) is 36.4 Å². The first-order valence-corrected chi connectivity index (χ1v) is 6.23. The SMILES string of the molecule is COC(=O)c1ccc(O)cc1.COC(=O)c1ccccc1O. The minimum Gasteiger partial charge on any atom is -0.508 e. The molecular weight excluding hydrogens is 288 g/mol. The molecule has 0 amide bonds. The number of para-hydroxylation sites is 1.